The summed E-state index contributed by atoms with van der Waals surface area (Å²) in [5.74, 6) is 0. The molecule has 0 radical (unpaired) electrons. The molecule has 2 heterocycles. The van der Waals surface area contributed by atoms with Crippen LogP contribution in [-0.2, 0) is 13.5 Å². The molecule has 0 aliphatic carbocycles. The van der Waals surface area contributed by atoms with Crippen LogP contribution in [0.25, 0.3) is 5.69 Å². The van der Waals surface area contributed by atoms with E-state index in [0.29, 0.717) is 6.04 Å². The monoisotopic (exact) mass is 309 g/mol. The van der Waals surface area contributed by atoms with Crippen LogP contribution in [0.1, 0.15) is 30.5 Å². The molecule has 1 N–H and O–H groups in total. The highest BCUT2D eigenvalue weighted by atomic mass is 15.2. The standard InChI is InChI=1S/C18H23N5/c1-15(20-9-3-4-16-12-21-22(2)13-16)17-5-7-18(8-6-17)23-11-10-19-14-23/h5-8,10-15,20H,3-4,9H2,1-2H3. The van der Waals surface area contributed by atoms with Gasteiger partial charge in [-0.15, -0.1) is 0 Å². The molecule has 1 unspecified atom stereocenters. The maximum absolute atomic E-state index is 4.20. The fraction of sp³-hybridized carbons (Fsp3) is 0.333. The first-order valence-electron chi connectivity index (χ1n) is 8.01. The number of benzene rings is 1. The van der Waals surface area contributed by atoms with Crippen molar-refractivity contribution in [2.24, 2.45) is 7.05 Å². The van der Waals surface area contributed by atoms with Gasteiger partial charge in [-0.2, -0.15) is 5.10 Å². The lowest BCUT2D eigenvalue weighted by Crippen LogP contribution is -2.20. The van der Waals surface area contributed by atoms with Crippen LogP contribution in [0, 0.1) is 0 Å². The first-order chi connectivity index (χ1) is 11.2. The van der Waals surface area contributed by atoms with E-state index in [1.807, 2.05) is 35.0 Å². The van der Waals surface area contributed by atoms with Crippen molar-refractivity contribution in [3.63, 3.8) is 0 Å². The fourth-order valence-electron chi connectivity index (χ4n) is 2.68. The van der Waals surface area contributed by atoms with E-state index >= 15 is 0 Å². The minimum atomic E-state index is 0.348. The molecule has 0 bridgehead atoms. The second-order valence-electron chi connectivity index (χ2n) is 5.86. The summed E-state index contributed by atoms with van der Waals surface area (Å²) in [6, 6.07) is 8.96. The predicted octanol–water partition coefficient (Wildman–Crippen LogP) is 2.89. The van der Waals surface area contributed by atoms with Crippen LogP contribution in [0.5, 0.6) is 0 Å². The van der Waals surface area contributed by atoms with Gasteiger partial charge in [0.15, 0.2) is 0 Å². The molecule has 1 atom stereocenters. The van der Waals surface area contributed by atoms with E-state index < -0.39 is 0 Å². The van der Waals surface area contributed by atoms with Crippen LogP contribution in [0.2, 0.25) is 0 Å². The molecule has 0 aliphatic rings. The van der Waals surface area contributed by atoms with Crippen LogP contribution in [0.3, 0.4) is 0 Å². The van der Waals surface area contributed by atoms with Gasteiger partial charge in [0.25, 0.3) is 0 Å². The van der Waals surface area contributed by atoms with Crippen molar-refractivity contribution in [1.29, 1.82) is 0 Å². The molecule has 1 aromatic carbocycles. The van der Waals surface area contributed by atoms with Crippen molar-refractivity contribution in [2.75, 3.05) is 6.54 Å². The van der Waals surface area contributed by atoms with Gasteiger partial charge in [-0.1, -0.05) is 12.1 Å². The largest absolute Gasteiger partial charge is 0.310 e. The minimum absolute atomic E-state index is 0.348. The van der Waals surface area contributed by atoms with E-state index in [4.69, 9.17) is 0 Å². The van der Waals surface area contributed by atoms with Gasteiger partial charge >= 0.3 is 0 Å². The van der Waals surface area contributed by atoms with Gasteiger partial charge in [0.1, 0.15) is 0 Å². The molecule has 23 heavy (non-hydrogen) atoms. The van der Waals surface area contributed by atoms with Gasteiger partial charge in [-0.05, 0) is 49.6 Å². The highest BCUT2D eigenvalue weighted by Crippen LogP contribution is 2.15. The van der Waals surface area contributed by atoms with Gasteiger partial charge in [0.05, 0.1) is 12.5 Å². The van der Waals surface area contributed by atoms with Crippen molar-refractivity contribution < 1.29 is 0 Å². The molecular weight excluding hydrogens is 286 g/mol. The smallest absolute Gasteiger partial charge is 0.0991 e. The molecular formula is C18H23N5. The first-order valence-corrected chi connectivity index (χ1v) is 8.01. The summed E-state index contributed by atoms with van der Waals surface area (Å²) in [4.78, 5) is 4.08. The van der Waals surface area contributed by atoms with Gasteiger partial charge in [-0.25, -0.2) is 4.98 Å². The third-order valence-electron chi connectivity index (χ3n) is 4.05. The number of hydrogen-bond donors (Lipinski definition) is 1. The number of imidazole rings is 1. The van der Waals surface area contributed by atoms with Crippen molar-refractivity contribution >= 4 is 0 Å². The Labute approximate surface area is 137 Å². The van der Waals surface area contributed by atoms with Gasteiger partial charge in [-0.3, -0.25) is 4.68 Å². The molecule has 5 nitrogen and oxygen atoms in total. The van der Waals surface area contributed by atoms with Gasteiger partial charge < -0.3 is 9.88 Å². The molecule has 5 heteroatoms. The maximum Gasteiger partial charge on any atom is 0.0991 e. The average molecular weight is 309 g/mol. The number of hydrogen-bond acceptors (Lipinski definition) is 3. The highest BCUT2D eigenvalue weighted by molar-refractivity contribution is 5.35. The molecule has 0 fully saturated rings. The predicted molar refractivity (Wildman–Crippen MR) is 91.5 cm³/mol. The lowest BCUT2D eigenvalue weighted by atomic mass is 10.1. The molecule has 120 valence electrons. The van der Waals surface area contributed by atoms with Crippen molar-refractivity contribution in [3.8, 4) is 5.69 Å². The number of aromatic nitrogens is 4. The maximum atomic E-state index is 4.20. The minimum Gasteiger partial charge on any atom is -0.310 e. The Morgan fingerprint density at radius 2 is 2.04 bits per heavy atom. The Morgan fingerprint density at radius 1 is 1.22 bits per heavy atom. The first kappa shape index (κ1) is 15.5. The molecule has 0 saturated heterocycles. The molecule has 3 aromatic rings. The summed E-state index contributed by atoms with van der Waals surface area (Å²) in [6.07, 6.45) is 11.8. The zero-order chi connectivity index (χ0) is 16.1. The van der Waals surface area contributed by atoms with E-state index in [2.05, 4.69) is 52.8 Å². The van der Waals surface area contributed by atoms with Crippen LogP contribution in [0.15, 0.2) is 55.4 Å². The SMILES string of the molecule is CC(NCCCc1cnn(C)c1)c1ccc(-n2ccnc2)cc1. The Hall–Kier alpha value is -2.40. The van der Waals surface area contributed by atoms with Crippen molar-refractivity contribution in [3.05, 3.63) is 66.5 Å². The second-order valence-corrected chi connectivity index (χ2v) is 5.86. The normalized spacial score (nSPS) is 12.4. The van der Waals surface area contributed by atoms with Gasteiger partial charge in [0.2, 0.25) is 0 Å². The van der Waals surface area contributed by atoms with Crippen LogP contribution < -0.4 is 5.32 Å². The second kappa shape index (κ2) is 7.24. The van der Waals surface area contributed by atoms with Crippen molar-refractivity contribution in [2.45, 2.75) is 25.8 Å². The van der Waals surface area contributed by atoms with Crippen molar-refractivity contribution in [1.82, 2.24) is 24.6 Å². The van der Waals surface area contributed by atoms with Crippen LogP contribution in [0.4, 0.5) is 0 Å². The van der Waals surface area contributed by atoms with E-state index in [9.17, 15) is 0 Å². The van der Waals surface area contributed by atoms with E-state index in [1.165, 1.54) is 11.1 Å². The molecule has 0 amide bonds. The van der Waals surface area contributed by atoms with E-state index in [0.717, 1.165) is 25.1 Å². The summed E-state index contributed by atoms with van der Waals surface area (Å²) in [7, 11) is 1.96. The molecule has 0 spiro atoms. The molecule has 3 rings (SSSR count). The lowest BCUT2D eigenvalue weighted by Gasteiger charge is -2.14. The number of rotatable bonds is 7. The number of nitrogens with zero attached hydrogens (tertiary/aromatic N) is 4. The average Bonchev–Trinajstić information content (AvgIpc) is 3.23. The Kier molecular flexibility index (Phi) is 4.88. The Bertz CT molecular complexity index is 712. The molecule has 0 saturated carbocycles. The topological polar surface area (TPSA) is 47.7 Å². The third-order valence-corrected chi connectivity index (χ3v) is 4.05. The van der Waals surface area contributed by atoms with E-state index in [-0.39, 0.29) is 0 Å². The highest BCUT2D eigenvalue weighted by Gasteiger charge is 2.05. The third kappa shape index (κ3) is 4.07. The Morgan fingerprint density at radius 3 is 2.70 bits per heavy atom. The zero-order valence-corrected chi connectivity index (χ0v) is 13.7. The summed E-state index contributed by atoms with van der Waals surface area (Å²) in [6.45, 7) is 3.20. The lowest BCUT2D eigenvalue weighted by molar-refractivity contribution is 0.558. The zero-order valence-electron chi connectivity index (χ0n) is 13.7. The summed E-state index contributed by atoms with van der Waals surface area (Å²) in [5, 5.41) is 7.78. The molecule has 0 aliphatic heterocycles. The van der Waals surface area contributed by atoms with Crippen LogP contribution >= 0.6 is 0 Å². The molecule has 2 aromatic heterocycles. The number of nitrogens with one attached hydrogen (secondary N) is 1. The van der Waals surface area contributed by atoms with Gasteiger partial charge in [0, 0.05) is 37.4 Å². The fourth-order valence-corrected chi connectivity index (χ4v) is 2.68. The summed E-state index contributed by atoms with van der Waals surface area (Å²) < 4.78 is 3.86. The summed E-state index contributed by atoms with van der Waals surface area (Å²) >= 11 is 0. The quantitative estimate of drug-likeness (QED) is 0.683. The summed E-state index contributed by atoms with van der Waals surface area (Å²) in [5.41, 5.74) is 3.73. The van der Waals surface area contributed by atoms with E-state index in [1.54, 1.807) is 6.20 Å². The Balaban J connectivity index is 1.47. The number of aryl methyl sites for hydroxylation is 2. The van der Waals surface area contributed by atoms with Crippen LogP contribution in [-0.4, -0.2) is 25.9 Å².